The minimum absolute atomic E-state index is 0.218. The van der Waals surface area contributed by atoms with Gasteiger partial charge in [-0.2, -0.15) is 0 Å². The van der Waals surface area contributed by atoms with E-state index in [1.165, 1.54) is 64.2 Å². The average Bonchev–Trinajstić information content (AvgIpc) is 2.84. The van der Waals surface area contributed by atoms with Gasteiger partial charge in [0.05, 0.1) is 18.4 Å². The lowest BCUT2D eigenvalue weighted by molar-refractivity contribution is -0.158. The number of unbranched alkanes of at least 4 members (excludes halogenated alkanes) is 11. The van der Waals surface area contributed by atoms with Gasteiger partial charge >= 0.3 is 11.9 Å². The van der Waals surface area contributed by atoms with Gasteiger partial charge in [0.2, 0.25) is 0 Å². The summed E-state index contributed by atoms with van der Waals surface area (Å²) >= 11 is 0. The van der Waals surface area contributed by atoms with E-state index >= 15 is 0 Å². The van der Waals surface area contributed by atoms with Gasteiger partial charge in [-0.1, -0.05) is 96.5 Å². The van der Waals surface area contributed by atoms with Crippen LogP contribution in [-0.4, -0.2) is 18.5 Å². The Bertz CT molecular complexity index is 727. The smallest absolute Gasteiger partial charge is 0.315 e. The first-order valence-electron chi connectivity index (χ1n) is 14.0. The average molecular weight is 473 g/mol. The molecule has 34 heavy (non-hydrogen) atoms. The van der Waals surface area contributed by atoms with Crippen LogP contribution in [-0.2, 0) is 14.3 Å². The summed E-state index contributed by atoms with van der Waals surface area (Å²) in [6.45, 7) is 6.76. The van der Waals surface area contributed by atoms with Crippen molar-refractivity contribution < 1.29 is 19.1 Å². The summed E-state index contributed by atoms with van der Waals surface area (Å²) in [4.78, 5) is 25.6. The first-order valence-corrected chi connectivity index (χ1v) is 14.0. The molecule has 0 amide bonds. The van der Waals surface area contributed by atoms with Gasteiger partial charge in [-0.3, -0.25) is 9.59 Å². The first kappa shape index (κ1) is 28.4. The Kier molecular flexibility index (Phi) is 14.0. The highest BCUT2D eigenvalue weighted by Gasteiger charge is 2.38. The van der Waals surface area contributed by atoms with Gasteiger partial charge in [0, 0.05) is 0 Å². The van der Waals surface area contributed by atoms with Crippen LogP contribution in [0.5, 0.6) is 5.75 Å². The third-order valence-corrected chi connectivity index (χ3v) is 7.31. The third kappa shape index (κ3) is 10.6. The molecule has 2 unspecified atom stereocenters. The molecule has 1 fully saturated rings. The van der Waals surface area contributed by atoms with Crippen LogP contribution < -0.4 is 4.74 Å². The second kappa shape index (κ2) is 16.7. The number of ether oxygens (including phenoxy) is 2. The molecule has 0 radical (unpaired) electrons. The maximum atomic E-state index is 12.8. The van der Waals surface area contributed by atoms with Crippen molar-refractivity contribution in [1.29, 1.82) is 0 Å². The number of rotatable bonds is 16. The van der Waals surface area contributed by atoms with E-state index in [4.69, 9.17) is 9.47 Å². The molecule has 1 aromatic carbocycles. The fourth-order valence-electron chi connectivity index (χ4n) is 4.89. The number of aryl methyl sites for hydroxylation is 2. The van der Waals surface area contributed by atoms with Crippen LogP contribution in [0.25, 0.3) is 0 Å². The monoisotopic (exact) mass is 472 g/mol. The molecule has 1 saturated carbocycles. The molecule has 2 atom stereocenters. The molecule has 1 aliphatic rings. The molecule has 0 aromatic heterocycles. The van der Waals surface area contributed by atoms with Crippen molar-refractivity contribution in [3.63, 3.8) is 0 Å². The van der Waals surface area contributed by atoms with E-state index in [9.17, 15) is 9.59 Å². The second-order valence-electron chi connectivity index (χ2n) is 10.2. The van der Waals surface area contributed by atoms with Crippen LogP contribution in [0.2, 0.25) is 0 Å². The largest absolute Gasteiger partial charge is 0.465 e. The number of esters is 2. The quantitative estimate of drug-likeness (QED) is 0.138. The van der Waals surface area contributed by atoms with E-state index in [1.807, 2.05) is 32.0 Å². The Labute approximate surface area is 208 Å². The van der Waals surface area contributed by atoms with Crippen LogP contribution >= 0.6 is 0 Å². The topological polar surface area (TPSA) is 52.6 Å². The lowest BCUT2D eigenvalue weighted by Crippen LogP contribution is -2.36. The minimum Gasteiger partial charge on any atom is -0.465 e. The van der Waals surface area contributed by atoms with E-state index in [0.717, 1.165) is 36.8 Å². The zero-order valence-corrected chi connectivity index (χ0v) is 22.0. The van der Waals surface area contributed by atoms with Crippen LogP contribution in [0.15, 0.2) is 18.2 Å². The van der Waals surface area contributed by atoms with Gasteiger partial charge in [0.15, 0.2) is 0 Å². The van der Waals surface area contributed by atoms with E-state index in [-0.39, 0.29) is 17.9 Å². The van der Waals surface area contributed by atoms with Crippen molar-refractivity contribution in [2.45, 2.75) is 124 Å². The molecule has 4 nitrogen and oxygen atoms in total. The third-order valence-electron chi connectivity index (χ3n) is 7.31. The summed E-state index contributed by atoms with van der Waals surface area (Å²) in [6, 6.07) is 5.67. The van der Waals surface area contributed by atoms with Crippen molar-refractivity contribution in [2.24, 2.45) is 11.8 Å². The molecule has 192 valence electrons. The fraction of sp³-hybridized carbons (Fsp3) is 0.733. The summed E-state index contributed by atoms with van der Waals surface area (Å²) in [5, 5.41) is 0. The van der Waals surface area contributed by atoms with Gasteiger partial charge in [0.1, 0.15) is 5.75 Å². The molecule has 0 heterocycles. The SMILES string of the molecule is CCCCCCCCCCCCCCOC(=O)C1CCCCC1C(=O)Oc1ccc(C)c(C)c1. The highest BCUT2D eigenvalue weighted by molar-refractivity contribution is 5.83. The first-order chi connectivity index (χ1) is 16.5. The molecule has 0 saturated heterocycles. The normalized spacial score (nSPS) is 18.0. The predicted octanol–water partition coefficient (Wildman–Crippen LogP) is 8.26. The summed E-state index contributed by atoms with van der Waals surface area (Å²) in [5.74, 6) is -0.725. The van der Waals surface area contributed by atoms with E-state index in [0.29, 0.717) is 25.2 Å². The van der Waals surface area contributed by atoms with Crippen LogP contribution in [0.3, 0.4) is 0 Å². The molecule has 1 aliphatic carbocycles. The lowest BCUT2D eigenvalue weighted by atomic mass is 9.79. The van der Waals surface area contributed by atoms with Gasteiger partial charge in [-0.05, 0) is 56.4 Å². The number of carbonyl (C=O) groups excluding carboxylic acids is 2. The van der Waals surface area contributed by atoms with Crippen LogP contribution in [0, 0.1) is 25.7 Å². The maximum absolute atomic E-state index is 12.8. The number of carbonyl (C=O) groups is 2. The minimum atomic E-state index is -0.398. The fourth-order valence-corrected chi connectivity index (χ4v) is 4.89. The van der Waals surface area contributed by atoms with Gasteiger partial charge in [-0.25, -0.2) is 0 Å². The molecule has 0 aliphatic heterocycles. The zero-order chi connectivity index (χ0) is 24.6. The highest BCUT2D eigenvalue weighted by Crippen LogP contribution is 2.33. The Morgan fingerprint density at radius 1 is 0.735 bits per heavy atom. The number of benzene rings is 1. The van der Waals surface area contributed by atoms with E-state index in [1.54, 1.807) is 0 Å². The van der Waals surface area contributed by atoms with Crippen molar-refractivity contribution >= 4 is 11.9 Å². The van der Waals surface area contributed by atoms with Crippen molar-refractivity contribution in [3.8, 4) is 5.75 Å². The summed E-state index contributed by atoms with van der Waals surface area (Å²) in [5.41, 5.74) is 2.25. The maximum Gasteiger partial charge on any atom is 0.315 e. The van der Waals surface area contributed by atoms with E-state index in [2.05, 4.69) is 6.92 Å². The lowest BCUT2D eigenvalue weighted by Gasteiger charge is -2.28. The Hall–Kier alpha value is -1.84. The van der Waals surface area contributed by atoms with E-state index < -0.39 is 5.92 Å². The Morgan fingerprint density at radius 3 is 1.82 bits per heavy atom. The Morgan fingerprint density at radius 2 is 1.26 bits per heavy atom. The van der Waals surface area contributed by atoms with Gasteiger partial charge in [-0.15, -0.1) is 0 Å². The Balaban J connectivity index is 1.60. The van der Waals surface area contributed by atoms with Crippen molar-refractivity contribution in [1.82, 2.24) is 0 Å². The zero-order valence-electron chi connectivity index (χ0n) is 22.0. The predicted molar refractivity (Wildman–Crippen MR) is 139 cm³/mol. The summed E-state index contributed by atoms with van der Waals surface area (Å²) in [7, 11) is 0. The van der Waals surface area contributed by atoms with Gasteiger partial charge in [0.25, 0.3) is 0 Å². The van der Waals surface area contributed by atoms with Crippen molar-refractivity contribution in [2.75, 3.05) is 6.61 Å². The molecule has 0 N–H and O–H groups in total. The molecule has 0 bridgehead atoms. The molecule has 4 heteroatoms. The number of hydrogen-bond donors (Lipinski definition) is 0. The van der Waals surface area contributed by atoms with Crippen LogP contribution in [0.1, 0.15) is 121 Å². The van der Waals surface area contributed by atoms with Crippen LogP contribution in [0.4, 0.5) is 0 Å². The van der Waals surface area contributed by atoms with Gasteiger partial charge < -0.3 is 9.47 Å². The number of hydrogen-bond acceptors (Lipinski definition) is 4. The van der Waals surface area contributed by atoms with Crippen molar-refractivity contribution in [3.05, 3.63) is 29.3 Å². The molecular formula is C30H48O4. The second-order valence-corrected chi connectivity index (χ2v) is 10.2. The molecule has 0 spiro atoms. The highest BCUT2D eigenvalue weighted by atomic mass is 16.5. The molecular weight excluding hydrogens is 424 g/mol. The summed E-state index contributed by atoms with van der Waals surface area (Å²) < 4.78 is 11.2. The molecule has 1 aromatic rings. The summed E-state index contributed by atoms with van der Waals surface area (Å²) in [6.07, 6.45) is 18.7. The standard InChI is InChI=1S/C30H48O4/c1-4-5-6-7-8-9-10-11-12-13-14-17-22-33-29(31)27-18-15-16-19-28(27)30(32)34-26-21-20-24(2)25(3)23-26/h20-21,23,27-28H,4-19,22H2,1-3H3. The molecule has 2 rings (SSSR count).